The average Bonchev–Trinajstić information content (AvgIpc) is 2.70. The largest absolute Gasteiger partial charge is 0.497 e. The Labute approximate surface area is 163 Å². The Morgan fingerprint density at radius 2 is 1.86 bits per heavy atom. The normalized spacial score (nSPS) is 10.4. The first kappa shape index (κ1) is 19.2. The predicted octanol–water partition coefficient (Wildman–Crippen LogP) is 3.47. The molecule has 0 aliphatic rings. The van der Waals surface area contributed by atoms with Crippen molar-refractivity contribution in [2.24, 2.45) is 0 Å². The zero-order valence-electron chi connectivity index (χ0n) is 16.1. The highest BCUT2D eigenvalue weighted by molar-refractivity contribution is 6.04. The average molecular weight is 378 g/mol. The first-order valence-corrected chi connectivity index (χ1v) is 8.79. The van der Waals surface area contributed by atoms with Crippen molar-refractivity contribution >= 4 is 11.6 Å². The van der Waals surface area contributed by atoms with Gasteiger partial charge in [-0.3, -0.25) is 9.59 Å². The second kappa shape index (κ2) is 8.43. The summed E-state index contributed by atoms with van der Waals surface area (Å²) < 4.78 is 12.0. The van der Waals surface area contributed by atoms with Gasteiger partial charge in [0, 0.05) is 12.3 Å². The number of methoxy groups -OCH3 is 2. The van der Waals surface area contributed by atoms with E-state index in [1.807, 2.05) is 43.3 Å². The number of carbonyl (C=O) groups is 1. The zero-order chi connectivity index (χ0) is 20.1. The Bertz CT molecular complexity index is 1060. The molecule has 3 aromatic rings. The number of hydrogen-bond acceptors (Lipinski definition) is 4. The maximum absolute atomic E-state index is 12.7. The fraction of sp³-hybridized carbons (Fsp3) is 0.182. The highest BCUT2D eigenvalue weighted by Gasteiger charge is 2.12. The van der Waals surface area contributed by atoms with Crippen LogP contribution in [0.1, 0.15) is 21.5 Å². The van der Waals surface area contributed by atoms with Gasteiger partial charge in [0.2, 0.25) is 0 Å². The summed E-state index contributed by atoms with van der Waals surface area (Å²) in [7, 11) is 3.14. The van der Waals surface area contributed by atoms with E-state index in [1.165, 1.54) is 16.7 Å². The van der Waals surface area contributed by atoms with E-state index in [2.05, 4.69) is 5.32 Å². The molecule has 1 aromatic heterocycles. The molecule has 0 saturated heterocycles. The third-order valence-electron chi connectivity index (χ3n) is 4.34. The Morgan fingerprint density at radius 1 is 1.04 bits per heavy atom. The number of pyridine rings is 1. The number of amides is 1. The molecule has 144 valence electrons. The minimum Gasteiger partial charge on any atom is -0.497 e. The summed E-state index contributed by atoms with van der Waals surface area (Å²) in [6, 6.07) is 15.9. The molecule has 28 heavy (non-hydrogen) atoms. The number of carbonyl (C=O) groups excluding carboxylic acids is 1. The van der Waals surface area contributed by atoms with Gasteiger partial charge in [-0.2, -0.15) is 0 Å². The Kier molecular flexibility index (Phi) is 5.79. The molecule has 0 atom stereocenters. The molecule has 1 amide bonds. The molecule has 1 N–H and O–H groups in total. The lowest BCUT2D eigenvalue weighted by atomic mass is 10.2. The van der Waals surface area contributed by atoms with Crippen LogP contribution in [0.15, 0.2) is 65.6 Å². The molecular formula is C22H22N2O4. The van der Waals surface area contributed by atoms with Crippen LogP contribution >= 0.6 is 0 Å². The molecule has 3 rings (SSSR count). The van der Waals surface area contributed by atoms with E-state index >= 15 is 0 Å². The number of nitrogens with zero attached hydrogens (tertiary/aromatic N) is 1. The van der Waals surface area contributed by atoms with Gasteiger partial charge in [0.15, 0.2) is 0 Å². The lowest BCUT2D eigenvalue weighted by Crippen LogP contribution is -2.22. The van der Waals surface area contributed by atoms with Gasteiger partial charge in [-0.15, -0.1) is 0 Å². The van der Waals surface area contributed by atoms with Crippen LogP contribution in [0, 0.1) is 6.92 Å². The van der Waals surface area contributed by atoms with Crippen LogP contribution in [0.5, 0.6) is 11.5 Å². The van der Waals surface area contributed by atoms with Gasteiger partial charge >= 0.3 is 0 Å². The van der Waals surface area contributed by atoms with Crippen molar-refractivity contribution in [2.75, 3.05) is 19.5 Å². The topological polar surface area (TPSA) is 69.6 Å². The Morgan fingerprint density at radius 3 is 2.61 bits per heavy atom. The van der Waals surface area contributed by atoms with Crippen LogP contribution in [-0.4, -0.2) is 24.7 Å². The second-order valence-electron chi connectivity index (χ2n) is 6.39. The highest BCUT2D eigenvalue weighted by Crippen LogP contribution is 2.25. The lowest BCUT2D eigenvalue weighted by Gasteiger charge is -2.12. The van der Waals surface area contributed by atoms with Gasteiger partial charge in [0.1, 0.15) is 11.5 Å². The fourth-order valence-electron chi connectivity index (χ4n) is 2.87. The van der Waals surface area contributed by atoms with Crippen molar-refractivity contribution < 1.29 is 14.3 Å². The smallest absolute Gasteiger partial charge is 0.257 e. The molecule has 6 heteroatoms. The molecule has 0 aliphatic heterocycles. The minimum absolute atomic E-state index is 0.187. The van der Waals surface area contributed by atoms with Crippen molar-refractivity contribution in [3.8, 4) is 11.5 Å². The standard InChI is InChI=1S/C22H22N2O4/c1-15-7-9-20(28-3)19(11-15)23-22(26)17-8-10-21(25)24(14-17)13-16-5-4-6-18(12-16)27-2/h4-12,14H,13H2,1-3H3,(H,23,26). The quantitative estimate of drug-likeness (QED) is 0.713. The SMILES string of the molecule is COc1cccc(Cn2cc(C(=O)Nc3cc(C)ccc3OC)ccc2=O)c1. The molecule has 1 heterocycles. The second-order valence-corrected chi connectivity index (χ2v) is 6.39. The first-order valence-electron chi connectivity index (χ1n) is 8.79. The Balaban J connectivity index is 1.85. The summed E-state index contributed by atoms with van der Waals surface area (Å²) in [5.74, 6) is 0.970. The van der Waals surface area contributed by atoms with Gasteiger partial charge in [-0.05, 0) is 48.4 Å². The lowest BCUT2D eigenvalue weighted by molar-refractivity contribution is 0.102. The van der Waals surface area contributed by atoms with E-state index in [1.54, 1.807) is 26.5 Å². The van der Waals surface area contributed by atoms with Crippen LogP contribution in [0.4, 0.5) is 5.69 Å². The molecule has 6 nitrogen and oxygen atoms in total. The number of rotatable bonds is 6. The zero-order valence-corrected chi connectivity index (χ0v) is 16.1. The molecular weight excluding hydrogens is 356 g/mol. The van der Waals surface area contributed by atoms with Crippen LogP contribution in [0.2, 0.25) is 0 Å². The van der Waals surface area contributed by atoms with Crippen molar-refractivity contribution in [1.29, 1.82) is 0 Å². The summed E-state index contributed by atoms with van der Waals surface area (Å²) in [4.78, 5) is 24.9. The number of benzene rings is 2. The summed E-state index contributed by atoms with van der Waals surface area (Å²) >= 11 is 0. The van der Waals surface area contributed by atoms with Gasteiger partial charge in [-0.25, -0.2) is 0 Å². The van der Waals surface area contributed by atoms with E-state index in [-0.39, 0.29) is 11.5 Å². The maximum Gasteiger partial charge on any atom is 0.257 e. The highest BCUT2D eigenvalue weighted by atomic mass is 16.5. The number of ether oxygens (including phenoxy) is 2. The third kappa shape index (κ3) is 4.40. The Hall–Kier alpha value is -3.54. The maximum atomic E-state index is 12.7. The van der Waals surface area contributed by atoms with Gasteiger partial charge < -0.3 is 19.4 Å². The van der Waals surface area contributed by atoms with Crippen LogP contribution in [0.3, 0.4) is 0 Å². The fourth-order valence-corrected chi connectivity index (χ4v) is 2.87. The number of aromatic nitrogens is 1. The van der Waals surface area contributed by atoms with E-state index in [0.717, 1.165) is 11.1 Å². The molecule has 0 radical (unpaired) electrons. The van der Waals surface area contributed by atoms with Crippen molar-refractivity contribution in [3.63, 3.8) is 0 Å². The summed E-state index contributed by atoms with van der Waals surface area (Å²) in [6.07, 6.45) is 1.55. The third-order valence-corrected chi connectivity index (χ3v) is 4.34. The van der Waals surface area contributed by atoms with Gasteiger partial charge in [-0.1, -0.05) is 18.2 Å². The molecule has 0 saturated carbocycles. The summed E-state index contributed by atoms with van der Waals surface area (Å²) in [6.45, 7) is 2.27. The molecule has 0 aliphatic carbocycles. The van der Waals surface area contributed by atoms with Gasteiger partial charge in [0.25, 0.3) is 11.5 Å². The first-order chi connectivity index (χ1) is 13.5. The van der Waals surface area contributed by atoms with E-state index in [0.29, 0.717) is 29.3 Å². The molecule has 2 aromatic carbocycles. The summed E-state index contributed by atoms with van der Waals surface area (Å²) in [5, 5.41) is 2.85. The predicted molar refractivity (Wildman–Crippen MR) is 108 cm³/mol. The minimum atomic E-state index is -0.316. The van der Waals surface area contributed by atoms with Crippen molar-refractivity contribution in [3.05, 3.63) is 87.8 Å². The molecule has 0 unspecified atom stereocenters. The number of hydrogen-bond donors (Lipinski definition) is 1. The number of aryl methyl sites for hydroxylation is 1. The van der Waals surface area contributed by atoms with E-state index in [4.69, 9.17) is 9.47 Å². The molecule has 0 bridgehead atoms. The van der Waals surface area contributed by atoms with Crippen molar-refractivity contribution in [2.45, 2.75) is 13.5 Å². The van der Waals surface area contributed by atoms with Crippen LogP contribution in [0.25, 0.3) is 0 Å². The molecule has 0 fully saturated rings. The summed E-state index contributed by atoms with van der Waals surface area (Å²) in [5.41, 5.74) is 2.68. The van der Waals surface area contributed by atoms with Crippen molar-refractivity contribution in [1.82, 2.24) is 4.57 Å². The van der Waals surface area contributed by atoms with Crippen LogP contribution < -0.4 is 20.3 Å². The van der Waals surface area contributed by atoms with Gasteiger partial charge in [0.05, 0.1) is 32.0 Å². The van der Waals surface area contributed by atoms with Crippen LogP contribution in [-0.2, 0) is 6.54 Å². The molecule has 0 spiro atoms. The number of anilines is 1. The van der Waals surface area contributed by atoms with E-state index < -0.39 is 0 Å². The monoisotopic (exact) mass is 378 g/mol. The number of nitrogens with one attached hydrogen (secondary N) is 1. The van der Waals surface area contributed by atoms with E-state index in [9.17, 15) is 9.59 Å².